The van der Waals surface area contributed by atoms with Crippen molar-refractivity contribution in [3.63, 3.8) is 0 Å². The van der Waals surface area contributed by atoms with Crippen LogP contribution in [0.2, 0.25) is 0 Å². The average Bonchev–Trinajstić information content (AvgIpc) is 2.86. The van der Waals surface area contributed by atoms with Gasteiger partial charge in [0.25, 0.3) is 5.91 Å². The zero-order valence-electron chi connectivity index (χ0n) is 10.4. The van der Waals surface area contributed by atoms with Gasteiger partial charge in [0.05, 0.1) is 11.9 Å². The first-order chi connectivity index (χ1) is 8.59. The third kappa shape index (κ3) is 2.34. The number of carbonyl (C=O) groups is 1. The number of hydrogen-bond acceptors (Lipinski definition) is 4. The lowest BCUT2D eigenvalue weighted by atomic mass is 10.3. The molecule has 2 aromatic rings. The van der Waals surface area contributed by atoms with Crippen LogP contribution in [0.5, 0.6) is 0 Å². The van der Waals surface area contributed by atoms with Gasteiger partial charge < -0.3 is 11.1 Å². The summed E-state index contributed by atoms with van der Waals surface area (Å²) in [6.07, 6.45) is 3.92. The van der Waals surface area contributed by atoms with Crippen LogP contribution in [0.4, 0.5) is 5.69 Å². The molecule has 0 aliphatic carbocycles. The van der Waals surface area contributed by atoms with Crippen molar-refractivity contribution in [3.05, 3.63) is 29.8 Å². The maximum atomic E-state index is 11.9. The van der Waals surface area contributed by atoms with Gasteiger partial charge in [-0.2, -0.15) is 10.2 Å². The van der Waals surface area contributed by atoms with Gasteiger partial charge >= 0.3 is 0 Å². The van der Waals surface area contributed by atoms with Crippen molar-refractivity contribution >= 4 is 11.6 Å². The maximum Gasteiger partial charge on any atom is 0.271 e. The third-order valence-corrected chi connectivity index (χ3v) is 2.77. The molecule has 2 rings (SSSR count). The Bertz CT molecular complexity index is 536. The summed E-state index contributed by atoms with van der Waals surface area (Å²) in [4.78, 5) is 11.9. The Labute approximate surface area is 105 Å². The van der Waals surface area contributed by atoms with Gasteiger partial charge in [-0.1, -0.05) is 0 Å². The monoisotopic (exact) mass is 248 g/mol. The highest BCUT2D eigenvalue weighted by atomic mass is 16.2. The molecule has 0 aliphatic rings. The minimum absolute atomic E-state index is 0.213. The summed E-state index contributed by atoms with van der Waals surface area (Å²) >= 11 is 0. The topological polar surface area (TPSA) is 90.8 Å². The number of nitrogen functional groups attached to an aromatic ring is 1. The second-order valence-corrected chi connectivity index (χ2v) is 4.02. The van der Waals surface area contributed by atoms with Crippen molar-refractivity contribution in [2.45, 2.75) is 6.42 Å². The molecule has 1 amide bonds. The van der Waals surface area contributed by atoms with Gasteiger partial charge in [-0.15, -0.1) is 0 Å². The van der Waals surface area contributed by atoms with Crippen molar-refractivity contribution in [2.75, 3.05) is 12.3 Å². The Kier molecular flexibility index (Phi) is 3.31. The second kappa shape index (κ2) is 4.91. The van der Waals surface area contributed by atoms with Crippen molar-refractivity contribution in [2.24, 2.45) is 14.1 Å². The zero-order chi connectivity index (χ0) is 13.1. The molecule has 2 heterocycles. The van der Waals surface area contributed by atoms with E-state index in [1.54, 1.807) is 17.9 Å². The zero-order valence-corrected chi connectivity index (χ0v) is 10.4. The molecule has 3 N–H and O–H groups in total. The first-order valence-electron chi connectivity index (χ1n) is 5.62. The summed E-state index contributed by atoms with van der Waals surface area (Å²) < 4.78 is 3.25. The van der Waals surface area contributed by atoms with Crippen LogP contribution < -0.4 is 11.1 Å². The first-order valence-corrected chi connectivity index (χ1v) is 5.62. The molecule has 96 valence electrons. The normalized spacial score (nSPS) is 10.6. The van der Waals surface area contributed by atoms with E-state index in [0.29, 0.717) is 17.9 Å². The van der Waals surface area contributed by atoms with Gasteiger partial charge in [-0.25, -0.2) is 0 Å². The van der Waals surface area contributed by atoms with Crippen molar-refractivity contribution in [1.29, 1.82) is 0 Å². The predicted molar refractivity (Wildman–Crippen MR) is 66.9 cm³/mol. The number of rotatable bonds is 4. The molecular formula is C11H16N6O. The lowest BCUT2D eigenvalue weighted by molar-refractivity contribution is 0.0945. The minimum Gasteiger partial charge on any atom is -0.396 e. The number of hydrogen-bond donors (Lipinski definition) is 2. The molecule has 0 fully saturated rings. The lowest BCUT2D eigenvalue weighted by Gasteiger charge is -2.06. The number of carbonyl (C=O) groups excluding carboxylic acids is 1. The molecule has 0 bridgehead atoms. The minimum atomic E-state index is -0.213. The van der Waals surface area contributed by atoms with Gasteiger partial charge in [-0.3, -0.25) is 14.2 Å². The smallest absolute Gasteiger partial charge is 0.271 e. The molecule has 0 saturated heterocycles. The number of anilines is 1. The van der Waals surface area contributed by atoms with Crippen LogP contribution in [0.15, 0.2) is 18.5 Å². The Morgan fingerprint density at radius 3 is 2.72 bits per heavy atom. The fraction of sp³-hybridized carbons (Fsp3) is 0.364. The van der Waals surface area contributed by atoms with Gasteiger partial charge in [-0.05, 0) is 6.07 Å². The highest BCUT2D eigenvalue weighted by Crippen LogP contribution is 2.08. The van der Waals surface area contributed by atoms with E-state index in [-0.39, 0.29) is 5.91 Å². The summed E-state index contributed by atoms with van der Waals surface area (Å²) in [7, 11) is 3.56. The van der Waals surface area contributed by atoms with E-state index < -0.39 is 0 Å². The van der Waals surface area contributed by atoms with Crippen LogP contribution >= 0.6 is 0 Å². The second-order valence-electron chi connectivity index (χ2n) is 4.02. The molecule has 0 saturated carbocycles. The Balaban J connectivity index is 1.92. The van der Waals surface area contributed by atoms with Gasteiger partial charge in [0.15, 0.2) is 0 Å². The molecular weight excluding hydrogens is 232 g/mol. The van der Waals surface area contributed by atoms with Crippen molar-refractivity contribution in [3.8, 4) is 0 Å². The number of nitrogens with two attached hydrogens (primary N) is 1. The van der Waals surface area contributed by atoms with E-state index in [1.165, 1.54) is 10.9 Å². The maximum absolute atomic E-state index is 11.9. The van der Waals surface area contributed by atoms with Crippen LogP contribution in [0.25, 0.3) is 0 Å². The summed E-state index contributed by atoms with van der Waals surface area (Å²) in [5, 5.41) is 10.8. The first kappa shape index (κ1) is 12.2. The number of nitrogens with zero attached hydrogens (tertiary/aromatic N) is 4. The van der Waals surface area contributed by atoms with Crippen LogP contribution in [-0.2, 0) is 20.5 Å². The van der Waals surface area contributed by atoms with Gasteiger partial charge in [0, 0.05) is 39.0 Å². The molecule has 0 radical (unpaired) electrons. The molecule has 0 unspecified atom stereocenters. The van der Waals surface area contributed by atoms with Gasteiger partial charge in [0.1, 0.15) is 5.69 Å². The molecule has 0 aliphatic heterocycles. The molecule has 0 aromatic carbocycles. The highest BCUT2D eigenvalue weighted by Gasteiger charge is 2.14. The number of aromatic nitrogens is 4. The largest absolute Gasteiger partial charge is 0.396 e. The van der Waals surface area contributed by atoms with Crippen LogP contribution in [0.3, 0.4) is 0 Å². The number of aryl methyl sites for hydroxylation is 2. The lowest BCUT2D eigenvalue weighted by Crippen LogP contribution is -2.28. The quantitative estimate of drug-likeness (QED) is 0.777. The molecule has 0 spiro atoms. The van der Waals surface area contributed by atoms with E-state index in [1.807, 2.05) is 13.1 Å². The summed E-state index contributed by atoms with van der Waals surface area (Å²) in [5.41, 5.74) is 7.51. The molecule has 7 nitrogen and oxygen atoms in total. The van der Waals surface area contributed by atoms with E-state index in [2.05, 4.69) is 15.5 Å². The molecule has 2 aromatic heterocycles. The number of amides is 1. The van der Waals surface area contributed by atoms with Crippen LogP contribution in [-0.4, -0.2) is 32.0 Å². The summed E-state index contributed by atoms with van der Waals surface area (Å²) in [5.74, 6) is -0.213. The van der Waals surface area contributed by atoms with Crippen LogP contribution in [0, 0.1) is 0 Å². The molecule has 18 heavy (non-hydrogen) atoms. The summed E-state index contributed by atoms with van der Waals surface area (Å²) in [6.45, 7) is 0.531. The fourth-order valence-corrected chi connectivity index (χ4v) is 1.77. The standard InChI is InChI=1S/C11H16N6O/c1-16-8(4-6-14-16)3-5-13-11(18)10-9(12)7-15-17(10)2/h4,6-7H,3,5,12H2,1-2H3,(H,13,18). The third-order valence-electron chi connectivity index (χ3n) is 2.77. The fourth-order valence-electron chi connectivity index (χ4n) is 1.77. The Morgan fingerprint density at radius 2 is 2.17 bits per heavy atom. The Morgan fingerprint density at radius 1 is 1.39 bits per heavy atom. The highest BCUT2D eigenvalue weighted by molar-refractivity contribution is 5.97. The Hall–Kier alpha value is -2.31. The molecule has 7 heteroatoms. The molecule has 0 atom stereocenters. The van der Waals surface area contributed by atoms with E-state index in [4.69, 9.17) is 5.73 Å². The predicted octanol–water partition coefficient (Wildman–Crippen LogP) is -0.292. The van der Waals surface area contributed by atoms with Crippen molar-refractivity contribution in [1.82, 2.24) is 24.9 Å². The number of nitrogens with one attached hydrogen (secondary N) is 1. The van der Waals surface area contributed by atoms with Crippen molar-refractivity contribution < 1.29 is 4.79 Å². The van der Waals surface area contributed by atoms with E-state index in [0.717, 1.165) is 12.1 Å². The van der Waals surface area contributed by atoms with Gasteiger partial charge in [0.2, 0.25) is 0 Å². The van der Waals surface area contributed by atoms with E-state index >= 15 is 0 Å². The van der Waals surface area contributed by atoms with E-state index in [9.17, 15) is 4.79 Å². The summed E-state index contributed by atoms with van der Waals surface area (Å²) in [6, 6.07) is 1.92. The van der Waals surface area contributed by atoms with Crippen LogP contribution in [0.1, 0.15) is 16.2 Å². The average molecular weight is 248 g/mol. The SMILES string of the molecule is Cn1nccc1CCNC(=O)c1c(N)cnn1C.